The monoisotopic (exact) mass is 223 g/mol. The molecule has 0 spiro atoms. The van der Waals surface area contributed by atoms with Gasteiger partial charge >= 0.3 is 0 Å². The minimum atomic E-state index is 0.0765. The Bertz CT molecular complexity index is 398. The summed E-state index contributed by atoms with van der Waals surface area (Å²) in [6.45, 7) is 1.51. The summed E-state index contributed by atoms with van der Waals surface area (Å²) in [4.78, 5) is 4.03. The first-order chi connectivity index (χ1) is 7.71. The highest BCUT2D eigenvalue weighted by Crippen LogP contribution is 2.17. The molecule has 86 valence electrons. The Hall–Kier alpha value is -2.08. The van der Waals surface area contributed by atoms with E-state index in [0.29, 0.717) is 11.4 Å². The number of aliphatic imine (C=N–C) groups is 1. The lowest BCUT2D eigenvalue weighted by molar-refractivity contribution is 0.236. The number of rotatable bonds is 3. The van der Waals surface area contributed by atoms with Crippen LogP contribution in [0.3, 0.4) is 0 Å². The van der Waals surface area contributed by atoms with Crippen LogP contribution in [-0.4, -0.2) is 29.1 Å². The third-order valence-corrected chi connectivity index (χ3v) is 1.91. The Morgan fingerprint density at radius 2 is 1.94 bits per heavy atom. The summed E-state index contributed by atoms with van der Waals surface area (Å²) in [5.74, 6) is 0.790. The van der Waals surface area contributed by atoms with E-state index in [4.69, 9.17) is 15.2 Å². The van der Waals surface area contributed by atoms with Crippen molar-refractivity contribution in [3.8, 4) is 5.75 Å². The van der Waals surface area contributed by atoms with Crippen LogP contribution in [0.1, 0.15) is 6.92 Å². The number of methoxy groups -OCH3 is 1. The first-order valence-electron chi connectivity index (χ1n) is 4.53. The first-order valence-corrected chi connectivity index (χ1v) is 4.53. The molecule has 0 bridgehead atoms. The first kappa shape index (κ1) is 12.0. The van der Waals surface area contributed by atoms with Crippen LogP contribution < -0.4 is 10.2 Å². The molecular weight excluding hydrogens is 210 g/mol. The van der Waals surface area contributed by atoms with Crippen LogP contribution in [0.4, 0.5) is 5.69 Å². The van der Waals surface area contributed by atoms with Gasteiger partial charge in [0, 0.05) is 0 Å². The molecular formula is C10H13N3O3. The summed E-state index contributed by atoms with van der Waals surface area (Å²) < 4.78 is 4.99. The predicted octanol–water partition coefficient (Wildman–Crippen LogP) is 1.55. The Morgan fingerprint density at radius 3 is 2.38 bits per heavy atom. The van der Waals surface area contributed by atoms with Gasteiger partial charge in [-0.3, -0.25) is 10.7 Å². The van der Waals surface area contributed by atoms with Crippen molar-refractivity contribution in [2.75, 3.05) is 7.11 Å². The van der Waals surface area contributed by atoms with Gasteiger partial charge in [0.15, 0.2) is 5.84 Å². The van der Waals surface area contributed by atoms with Crippen molar-refractivity contribution in [2.24, 2.45) is 10.1 Å². The van der Waals surface area contributed by atoms with Gasteiger partial charge in [0.25, 0.3) is 0 Å². The molecule has 6 nitrogen and oxygen atoms in total. The summed E-state index contributed by atoms with van der Waals surface area (Å²) in [6.07, 6.45) is 0. The molecule has 1 aromatic carbocycles. The zero-order valence-corrected chi connectivity index (χ0v) is 9.01. The van der Waals surface area contributed by atoms with E-state index >= 15 is 0 Å². The average molecular weight is 223 g/mol. The van der Waals surface area contributed by atoms with Gasteiger partial charge in [0.05, 0.1) is 12.8 Å². The molecule has 0 radical (unpaired) electrons. The van der Waals surface area contributed by atoms with Crippen molar-refractivity contribution < 1.29 is 15.2 Å². The predicted molar refractivity (Wildman–Crippen MR) is 59.9 cm³/mol. The Balaban J connectivity index is 2.95. The van der Waals surface area contributed by atoms with Gasteiger partial charge in [-0.2, -0.15) is 0 Å². The van der Waals surface area contributed by atoms with Crippen LogP contribution in [0.5, 0.6) is 5.75 Å². The van der Waals surface area contributed by atoms with Gasteiger partial charge < -0.3 is 9.94 Å². The maximum atomic E-state index is 8.79. The SMILES string of the molecule is COc1ccc(N=C(NO)/C(C)=N/O)cc1. The Morgan fingerprint density at radius 1 is 1.31 bits per heavy atom. The van der Waals surface area contributed by atoms with Gasteiger partial charge in [-0.15, -0.1) is 0 Å². The van der Waals surface area contributed by atoms with E-state index in [1.807, 2.05) is 5.48 Å². The lowest BCUT2D eigenvalue weighted by Crippen LogP contribution is -2.26. The molecule has 0 aromatic heterocycles. The minimum Gasteiger partial charge on any atom is -0.497 e. The van der Waals surface area contributed by atoms with Crippen LogP contribution in [0, 0.1) is 0 Å². The normalized spacial score (nSPS) is 12.4. The third kappa shape index (κ3) is 2.96. The number of amidine groups is 1. The fourth-order valence-electron chi connectivity index (χ4n) is 1.02. The largest absolute Gasteiger partial charge is 0.497 e. The summed E-state index contributed by atoms with van der Waals surface area (Å²) in [5.41, 5.74) is 2.63. The zero-order valence-electron chi connectivity index (χ0n) is 9.01. The van der Waals surface area contributed by atoms with Crippen molar-refractivity contribution >= 4 is 17.2 Å². The van der Waals surface area contributed by atoms with Gasteiger partial charge in [0.1, 0.15) is 11.5 Å². The number of ether oxygens (including phenoxy) is 1. The van der Waals surface area contributed by atoms with Crippen molar-refractivity contribution in [1.82, 2.24) is 5.48 Å². The van der Waals surface area contributed by atoms with Crippen LogP contribution in [0.25, 0.3) is 0 Å². The molecule has 6 heteroatoms. The molecule has 0 unspecified atom stereocenters. The second kappa shape index (κ2) is 5.72. The number of hydrogen-bond acceptors (Lipinski definition) is 5. The molecule has 0 saturated carbocycles. The molecule has 1 aromatic rings. The topological polar surface area (TPSA) is 86.4 Å². The van der Waals surface area contributed by atoms with Crippen LogP contribution >= 0.6 is 0 Å². The second-order valence-corrected chi connectivity index (χ2v) is 2.96. The average Bonchev–Trinajstić information content (AvgIpc) is 2.35. The molecule has 0 atom stereocenters. The quantitative estimate of drug-likeness (QED) is 0.314. The third-order valence-electron chi connectivity index (χ3n) is 1.91. The van der Waals surface area contributed by atoms with E-state index in [0.717, 1.165) is 0 Å². The zero-order chi connectivity index (χ0) is 12.0. The number of hydroxylamine groups is 1. The maximum absolute atomic E-state index is 8.79. The number of nitrogens with zero attached hydrogens (tertiary/aromatic N) is 2. The van der Waals surface area contributed by atoms with Crippen molar-refractivity contribution in [3.63, 3.8) is 0 Å². The summed E-state index contributed by atoms with van der Waals surface area (Å²) in [7, 11) is 1.57. The van der Waals surface area contributed by atoms with E-state index in [9.17, 15) is 0 Å². The molecule has 3 N–H and O–H groups in total. The summed E-state index contributed by atoms with van der Waals surface area (Å²) in [6, 6.07) is 6.89. The fraction of sp³-hybridized carbons (Fsp3) is 0.200. The van der Waals surface area contributed by atoms with Crippen LogP contribution in [0.2, 0.25) is 0 Å². The summed E-state index contributed by atoms with van der Waals surface area (Å²) in [5, 5.41) is 20.3. The lowest BCUT2D eigenvalue weighted by Gasteiger charge is -2.03. The molecule has 0 aliphatic carbocycles. The molecule has 16 heavy (non-hydrogen) atoms. The Labute approximate surface area is 92.8 Å². The highest BCUT2D eigenvalue weighted by molar-refractivity contribution is 6.40. The highest BCUT2D eigenvalue weighted by Gasteiger charge is 2.03. The van der Waals surface area contributed by atoms with Crippen molar-refractivity contribution in [2.45, 2.75) is 6.92 Å². The van der Waals surface area contributed by atoms with Gasteiger partial charge in [-0.05, 0) is 31.2 Å². The Kier molecular flexibility index (Phi) is 4.28. The van der Waals surface area contributed by atoms with E-state index in [-0.39, 0.29) is 11.5 Å². The number of oxime groups is 1. The smallest absolute Gasteiger partial charge is 0.175 e. The van der Waals surface area contributed by atoms with E-state index < -0.39 is 0 Å². The lowest BCUT2D eigenvalue weighted by atomic mass is 10.3. The van der Waals surface area contributed by atoms with E-state index in [2.05, 4.69) is 10.1 Å². The van der Waals surface area contributed by atoms with Gasteiger partial charge in [-0.1, -0.05) is 5.16 Å². The highest BCUT2D eigenvalue weighted by atomic mass is 16.5. The van der Waals surface area contributed by atoms with Crippen LogP contribution in [0.15, 0.2) is 34.4 Å². The van der Waals surface area contributed by atoms with Gasteiger partial charge in [0.2, 0.25) is 0 Å². The van der Waals surface area contributed by atoms with E-state index in [1.165, 1.54) is 6.92 Å². The second-order valence-electron chi connectivity index (χ2n) is 2.96. The number of hydrogen-bond donors (Lipinski definition) is 3. The molecule has 0 aliphatic heterocycles. The molecule has 0 amide bonds. The maximum Gasteiger partial charge on any atom is 0.175 e. The van der Waals surface area contributed by atoms with Crippen LogP contribution in [-0.2, 0) is 0 Å². The molecule has 1 rings (SSSR count). The summed E-state index contributed by atoms with van der Waals surface area (Å²) >= 11 is 0. The molecule has 0 heterocycles. The minimum absolute atomic E-state index is 0.0765. The molecule has 0 aliphatic rings. The number of benzene rings is 1. The van der Waals surface area contributed by atoms with Gasteiger partial charge in [-0.25, -0.2) is 4.99 Å². The number of nitrogens with one attached hydrogen (secondary N) is 1. The molecule has 0 fully saturated rings. The van der Waals surface area contributed by atoms with E-state index in [1.54, 1.807) is 31.4 Å². The van der Waals surface area contributed by atoms with Crippen molar-refractivity contribution in [3.05, 3.63) is 24.3 Å². The standard InChI is InChI=1S/C10H13N3O3/c1-7(12-14)10(13-15)11-8-3-5-9(16-2)6-4-8/h3-6,14-15H,1-2H3,(H,11,13)/b12-7+. The van der Waals surface area contributed by atoms with Crippen molar-refractivity contribution in [1.29, 1.82) is 0 Å². The molecule has 0 saturated heterocycles. The fourth-order valence-corrected chi connectivity index (χ4v) is 1.02.